The molecule has 0 aliphatic carbocycles. The van der Waals surface area contributed by atoms with E-state index in [0.29, 0.717) is 6.04 Å². The number of nitrogens with one attached hydrogen (secondary N) is 1. The van der Waals surface area contributed by atoms with Gasteiger partial charge in [0.2, 0.25) is 0 Å². The molecule has 2 heterocycles. The van der Waals surface area contributed by atoms with Gasteiger partial charge in [-0.15, -0.1) is 0 Å². The summed E-state index contributed by atoms with van der Waals surface area (Å²) in [5.41, 5.74) is 2.42. The fourth-order valence-corrected chi connectivity index (χ4v) is 1.79. The van der Waals surface area contributed by atoms with Crippen molar-refractivity contribution in [1.82, 2.24) is 19.9 Å². The Morgan fingerprint density at radius 2 is 2.24 bits per heavy atom. The van der Waals surface area contributed by atoms with Crippen molar-refractivity contribution in [1.29, 1.82) is 0 Å². The summed E-state index contributed by atoms with van der Waals surface area (Å²) >= 11 is 0. The van der Waals surface area contributed by atoms with Crippen LogP contribution < -0.4 is 5.32 Å². The monoisotopic (exact) mass is 230 g/mol. The number of rotatable bonds is 5. The Balaban J connectivity index is 1.95. The molecule has 0 bridgehead atoms. The summed E-state index contributed by atoms with van der Waals surface area (Å²) in [6.45, 7) is 6.04. The van der Waals surface area contributed by atoms with E-state index in [2.05, 4.69) is 39.8 Å². The molecular formula is C13H18N4. The van der Waals surface area contributed by atoms with Gasteiger partial charge in [0.15, 0.2) is 0 Å². The molecule has 4 heteroatoms. The van der Waals surface area contributed by atoms with Crippen LogP contribution in [0.2, 0.25) is 0 Å². The normalized spacial score (nSPS) is 12.6. The minimum Gasteiger partial charge on any atom is -0.334 e. The van der Waals surface area contributed by atoms with Gasteiger partial charge < -0.3 is 9.88 Å². The minimum atomic E-state index is 0.295. The molecule has 2 aromatic rings. The summed E-state index contributed by atoms with van der Waals surface area (Å²) in [6.07, 6.45) is 7.47. The lowest BCUT2D eigenvalue weighted by molar-refractivity contribution is 0.548. The summed E-state index contributed by atoms with van der Waals surface area (Å²) < 4.78 is 2.14. The third-order valence-electron chi connectivity index (χ3n) is 2.91. The topological polar surface area (TPSA) is 42.7 Å². The second-order valence-corrected chi connectivity index (χ2v) is 4.06. The molecule has 0 amide bonds. The number of aromatic nitrogens is 3. The third kappa shape index (κ3) is 2.91. The van der Waals surface area contributed by atoms with Crippen LogP contribution in [0.3, 0.4) is 0 Å². The molecule has 0 radical (unpaired) electrons. The van der Waals surface area contributed by atoms with Crippen molar-refractivity contribution in [2.75, 3.05) is 0 Å². The molecule has 90 valence electrons. The molecule has 0 aliphatic rings. The number of hydrogen-bond donors (Lipinski definition) is 1. The van der Waals surface area contributed by atoms with E-state index in [-0.39, 0.29) is 0 Å². The van der Waals surface area contributed by atoms with E-state index in [1.54, 1.807) is 6.20 Å². The van der Waals surface area contributed by atoms with Crippen LogP contribution in [0.5, 0.6) is 0 Å². The Hall–Kier alpha value is -1.68. The third-order valence-corrected chi connectivity index (χ3v) is 2.91. The lowest BCUT2D eigenvalue weighted by atomic mass is 10.1. The molecule has 1 N–H and O–H groups in total. The number of nitrogens with zero attached hydrogens (tertiary/aromatic N) is 3. The molecule has 0 unspecified atom stereocenters. The first-order chi connectivity index (χ1) is 8.31. The second kappa shape index (κ2) is 5.59. The first-order valence-corrected chi connectivity index (χ1v) is 5.93. The molecule has 0 aliphatic heterocycles. The summed E-state index contributed by atoms with van der Waals surface area (Å²) in [7, 11) is 0. The van der Waals surface area contributed by atoms with Crippen molar-refractivity contribution >= 4 is 0 Å². The molecule has 0 spiro atoms. The fourth-order valence-electron chi connectivity index (χ4n) is 1.79. The highest BCUT2D eigenvalue weighted by atomic mass is 15.1. The quantitative estimate of drug-likeness (QED) is 0.855. The summed E-state index contributed by atoms with van der Waals surface area (Å²) in [4.78, 5) is 8.28. The van der Waals surface area contributed by atoms with Crippen LogP contribution in [0.1, 0.15) is 31.1 Å². The van der Waals surface area contributed by atoms with E-state index in [1.807, 2.05) is 24.8 Å². The van der Waals surface area contributed by atoms with Crippen molar-refractivity contribution in [2.45, 2.75) is 33.0 Å². The van der Waals surface area contributed by atoms with Crippen molar-refractivity contribution in [3.05, 3.63) is 48.3 Å². The maximum atomic E-state index is 4.15. The maximum Gasteiger partial charge on any atom is 0.0948 e. The molecule has 2 aromatic heterocycles. The highest BCUT2D eigenvalue weighted by Gasteiger charge is 2.06. The summed E-state index contributed by atoms with van der Waals surface area (Å²) in [5.74, 6) is 0. The van der Waals surface area contributed by atoms with Crippen LogP contribution in [-0.4, -0.2) is 14.5 Å². The molecule has 2 rings (SSSR count). The van der Waals surface area contributed by atoms with Gasteiger partial charge in [0.25, 0.3) is 0 Å². The number of pyridine rings is 1. The summed E-state index contributed by atoms with van der Waals surface area (Å²) in [5, 5.41) is 3.48. The minimum absolute atomic E-state index is 0.295. The highest BCUT2D eigenvalue weighted by molar-refractivity contribution is 5.13. The lowest BCUT2D eigenvalue weighted by Gasteiger charge is -2.14. The first kappa shape index (κ1) is 11.8. The van der Waals surface area contributed by atoms with E-state index in [4.69, 9.17) is 0 Å². The van der Waals surface area contributed by atoms with Crippen LogP contribution >= 0.6 is 0 Å². The molecule has 0 saturated carbocycles. The zero-order valence-corrected chi connectivity index (χ0v) is 10.3. The van der Waals surface area contributed by atoms with Crippen LogP contribution in [0.4, 0.5) is 0 Å². The Morgan fingerprint density at radius 3 is 2.94 bits per heavy atom. The van der Waals surface area contributed by atoms with Gasteiger partial charge >= 0.3 is 0 Å². The average Bonchev–Trinajstić information content (AvgIpc) is 2.84. The average molecular weight is 230 g/mol. The van der Waals surface area contributed by atoms with Gasteiger partial charge in [-0.2, -0.15) is 0 Å². The van der Waals surface area contributed by atoms with E-state index in [9.17, 15) is 0 Å². The Morgan fingerprint density at radius 1 is 1.35 bits per heavy atom. The summed E-state index contributed by atoms with van der Waals surface area (Å²) in [6, 6.07) is 4.34. The molecular weight excluding hydrogens is 212 g/mol. The largest absolute Gasteiger partial charge is 0.334 e. The Labute approximate surface area is 102 Å². The maximum absolute atomic E-state index is 4.15. The van der Waals surface area contributed by atoms with E-state index in [1.165, 1.54) is 11.3 Å². The van der Waals surface area contributed by atoms with Gasteiger partial charge in [-0.25, -0.2) is 4.98 Å². The van der Waals surface area contributed by atoms with Crippen molar-refractivity contribution in [3.63, 3.8) is 0 Å². The standard InChI is InChI=1S/C13H18N4/c1-3-17-10-15-8-13(17)9-16-11(2)12-5-4-6-14-7-12/h4-8,10-11,16H,3,9H2,1-2H3/t11-/m0/s1. The zero-order chi connectivity index (χ0) is 12.1. The van der Waals surface area contributed by atoms with Gasteiger partial charge in [0.1, 0.15) is 0 Å². The van der Waals surface area contributed by atoms with Gasteiger partial charge in [-0.05, 0) is 25.5 Å². The fraction of sp³-hybridized carbons (Fsp3) is 0.385. The zero-order valence-electron chi connectivity index (χ0n) is 10.3. The lowest BCUT2D eigenvalue weighted by Crippen LogP contribution is -2.19. The van der Waals surface area contributed by atoms with E-state index < -0.39 is 0 Å². The van der Waals surface area contributed by atoms with E-state index >= 15 is 0 Å². The molecule has 0 saturated heterocycles. The van der Waals surface area contributed by atoms with Crippen molar-refractivity contribution in [2.24, 2.45) is 0 Å². The van der Waals surface area contributed by atoms with Gasteiger partial charge in [-0.1, -0.05) is 6.07 Å². The number of hydrogen-bond acceptors (Lipinski definition) is 3. The molecule has 1 atom stereocenters. The van der Waals surface area contributed by atoms with Gasteiger partial charge in [0.05, 0.1) is 12.0 Å². The molecule has 0 fully saturated rings. The van der Waals surface area contributed by atoms with E-state index in [0.717, 1.165) is 13.1 Å². The Bertz CT molecular complexity index is 449. The SMILES string of the molecule is CCn1cncc1CN[C@@H](C)c1cccnc1. The number of imidazole rings is 1. The first-order valence-electron chi connectivity index (χ1n) is 5.93. The molecule has 17 heavy (non-hydrogen) atoms. The van der Waals surface area contributed by atoms with Crippen LogP contribution in [0.15, 0.2) is 37.1 Å². The van der Waals surface area contributed by atoms with Crippen LogP contribution in [-0.2, 0) is 13.1 Å². The molecule has 0 aromatic carbocycles. The predicted molar refractivity (Wildman–Crippen MR) is 67.4 cm³/mol. The number of aryl methyl sites for hydroxylation is 1. The smallest absolute Gasteiger partial charge is 0.0948 e. The Kier molecular flexibility index (Phi) is 3.88. The van der Waals surface area contributed by atoms with Crippen LogP contribution in [0.25, 0.3) is 0 Å². The van der Waals surface area contributed by atoms with Gasteiger partial charge in [-0.3, -0.25) is 4.98 Å². The highest BCUT2D eigenvalue weighted by Crippen LogP contribution is 2.11. The van der Waals surface area contributed by atoms with Crippen molar-refractivity contribution in [3.8, 4) is 0 Å². The van der Waals surface area contributed by atoms with Crippen LogP contribution in [0, 0.1) is 0 Å². The second-order valence-electron chi connectivity index (χ2n) is 4.06. The van der Waals surface area contributed by atoms with Crippen molar-refractivity contribution < 1.29 is 0 Å². The molecule has 4 nitrogen and oxygen atoms in total. The van der Waals surface area contributed by atoms with Gasteiger partial charge in [0, 0.05) is 37.7 Å². The predicted octanol–water partition coefficient (Wildman–Crippen LogP) is 2.15.